The van der Waals surface area contributed by atoms with Gasteiger partial charge in [-0.05, 0) is 24.2 Å². The third-order valence-electron chi connectivity index (χ3n) is 4.41. The van der Waals surface area contributed by atoms with Crippen molar-refractivity contribution in [2.24, 2.45) is 0 Å². The molecule has 0 saturated carbocycles. The number of hydrogen-bond donors (Lipinski definition) is 2. The van der Waals surface area contributed by atoms with Crippen molar-refractivity contribution in [2.45, 2.75) is 18.1 Å². The van der Waals surface area contributed by atoms with Crippen LogP contribution in [0.5, 0.6) is 0 Å². The van der Waals surface area contributed by atoms with Crippen LogP contribution < -0.4 is 10.2 Å². The van der Waals surface area contributed by atoms with E-state index in [1.807, 2.05) is 61.6 Å². The topological polar surface area (TPSA) is 59.3 Å². The molecule has 1 aliphatic heterocycles. The summed E-state index contributed by atoms with van der Waals surface area (Å²) in [4.78, 5) is 2.17. The van der Waals surface area contributed by atoms with E-state index in [0.29, 0.717) is 13.1 Å². The van der Waals surface area contributed by atoms with E-state index in [1.165, 1.54) is 0 Å². The maximum atomic E-state index is 10.7. The van der Waals surface area contributed by atoms with Gasteiger partial charge in [0.25, 0.3) is 0 Å². The van der Waals surface area contributed by atoms with Crippen molar-refractivity contribution in [3.63, 3.8) is 0 Å². The number of aliphatic hydroxyl groups is 1. The lowest BCUT2D eigenvalue weighted by Gasteiger charge is -2.34. The zero-order chi connectivity index (χ0) is 16.2. The molecule has 2 aromatic carbocycles. The molecule has 0 radical (unpaired) electrons. The van der Waals surface area contributed by atoms with Gasteiger partial charge in [0.15, 0.2) is 0 Å². The monoisotopic (exact) mass is 307 g/mol. The number of rotatable bonds is 5. The Balaban J connectivity index is 2.03. The van der Waals surface area contributed by atoms with E-state index in [0.717, 1.165) is 16.8 Å². The minimum absolute atomic E-state index is 0.154. The maximum Gasteiger partial charge on any atom is 0.0909 e. The van der Waals surface area contributed by atoms with Crippen molar-refractivity contribution in [3.05, 3.63) is 65.7 Å². The van der Waals surface area contributed by atoms with Crippen LogP contribution >= 0.6 is 0 Å². The van der Waals surface area contributed by atoms with E-state index in [1.54, 1.807) is 0 Å². The van der Waals surface area contributed by atoms with Gasteiger partial charge in [-0.1, -0.05) is 48.5 Å². The molecule has 0 saturated heterocycles. The zero-order valence-electron chi connectivity index (χ0n) is 13.2. The SMILES string of the molecule is CNC[C@H](O)[C@@H](c1ccccc1)N1CC(C#N)c2ccccc21. The van der Waals surface area contributed by atoms with Gasteiger partial charge in [-0.3, -0.25) is 0 Å². The number of aliphatic hydroxyl groups excluding tert-OH is 1. The predicted molar refractivity (Wildman–Crippen MR) is 91.3 cm³/mol. The molecule has 0 spiro atoms. The summed E-state index contributed by atoms with van der Waals surface area (Å²) in [6.45, 7) is 1.10. The first-order chi connectivity index (χ1) is 11.3. The first-order valence-corrected chi connectivity index (χ1v) is 7.89. The van der Waals surface area contributed by atoms with Crippen LogP contribution in [0.3, 0.4) is 0 Å². The van der Waals surface area contributed by atoms with Crippen LogP contribution in [-0.4, -0.2) is 31.3 Å². The van der Waals surface area contributed by atoms with Crippen LogP contribution in [0.1, 0.15) is 23.1 Å². The average molecular weight is 307 g/mol. The van der Waals surface area contributed by atoms with Gasteiger partial charge < -0.3 is 15.3 Å². The summed E-state index contributed by atoms with van der Waals surface area (Å²) in [6.07, 6.45) is -0.562. The lowest BCUT2D eigenvalue weighted by Crippen LogP contribution is -2.40. The Morgan fingerprint density at radius 1 is 1.22 bits per heavy atom. The standard InChI is InChI=1S/C19H21N3O/c1-21-12-18(23)19(14-7-3-2-4-8-14)22-13-15(11-20)16-9-5-6-10-17(16)22/h2-10,15,18-19,21,23H,12-13H2,1H3/t15?,18-,19+/m0/s1. The Morgan fingerprint density at radius 3 is 2.61 bits per heavy atom. The molecule has 0 amide bonds. The van der Waals surface area contributed by atoms with E-state index in [2.05, 4.69) is 16.3 Å². The van der Waals surface area contributed by atoms with Crippen LogP contribution in [0.2, 0.25) is 0 Å². The van der Waals surface area contributed by atoms with Crippen molar-refractivity contribution >= 4 is 5.69 Å². The molecule has 0 aromatic heterocycles. The summed E-state index contributed by atoms with van der Waals surface area (Å²) in [7, 11) is 1.83. The molecule has 2 aromatic rings. The average Bonchev–Trinajstić information content (AvgIpc) is 2.95. The van der Waals surface area contributed by atoms with Crippen LogP contribution in [0.4, 0.5) is 5.69 Å². The lowest BCUT2D eigenvalue weighted by molar-refractivity contribution is 0.141. The van der Waals surface area contributed by atoms with Gasteiger partial charge in [0.1, 0.15) is 0 Å². The number of benzene rings is 2. The highest BCUT2D eigenvalue weighted by molar-refractivity contribution is 5.63. The number of likely N-dealkylation sites (N-methyl/N-ethyl adjacent to an activating group) is 1. The smallest absolute Gasteiger partial charge is 0.0909 e. The van der Waals surface area contributed by atoms with Gasteiger partial charge in [-0.15, -0.1) is 0 Å². The molecule has 118 valence electrons. The number of nitrogens with one attached hydrogen (secondary N) is 1. The van der Waals surface area contributed by atoms with Crippen molar-refractivity contribution < 1.29 is 5.11 Å². The number of para-hydroxylation sites is 1. The highest BCUT2D eigenvalue weighted by atomic mass is 16.3. The molecule has 3 atom stereocenters. The molecule has 4 heteroatoms. The molecule has 2 N–H and O–H groups in total. The molecule has 0 bridgehead atoms. The summed E-state index contributed by atoms with van der Waals surface area (Å²) in [5, 5.41) is 23.2. The minimum Gasteiger partial charge on any atom is -0.389 e. The fourth-order valence-corrected chi connectivity index (χ4v) is 3.39. The Labute approximate surface area is 137 Å². The molecule has 1 heterocycles. The molecule has 0 fully saturated rings. The molecule has 4 nitrogen and oxygen atoms in total. The second-order valence-electron chi connectivity index (χ2n) is 5.87. The molecule has 0 aliphatic carbocycles. The predicted octanol–water partition coefficient (Wildman–Crippen LogP) is 2.44. The van der Waals surface area contributed by atoms with E-state index < -0.39 is 6.10 Å². The van der Waals surface area contributed by atoms with E-state index in [-0.39, 0.29) is 12.0 Å². The minimum atomic E-state index is -0.562. The van der Waals surface area contributed by atoms with Gasteiger partial charge in [0.05, 0.1) is 24.1 Å². The summed E-state index contributed by atoms with van der Waals surface area (Å²) in [5.74, 6) is -0.154. The number of nitriles is 1. The zero-order valence-corrected chi connectivity index (χ0v) is 13.2. The second kappa shape index (κ2) is 6.82. The molecule has 23 heavy (non-hydrogen) atoms. The van der Waals surface area contributed by atoms with Crippen LogP contribution in [0, 0.1) is 11.3 Å². The van der Waals surface area contributed by atoms with Crippen LogP contribution in [-0.2, 0) is 0 Å². The third-order valence-corrected chi connectivity index (χ3v) is 4.41. The fourth-order valence-electron chi connectivity index (χ4n) is 3.39. The van der Waals surface area contributed by atoms with Crippen molar-refractivity contribution in [3.8, 4) is 6.07 Å². The Kier molecular flexibility index (Phi) is 4.61. The van der Waals surface area contributed by atoms with Crippen molar-refractivity contribution in [2.75, 3.05) is 25.0 Å². The summed E-state index contributed by atoms with van der Waals surface area (Å²) in [6, 6.07) is 20.2. The van der Waals surface area contributed by atoms with Gasteiger partial charge in [0.2, 0.25) is 0 Å². The molecular formula is C19H21N3O. The number of hydrogen-bond acceptors (Lipinski definition) is 4. The largest absolute Gasteiger partial charge is 0.389 e. The number of anilines is 1. The Morgan fingerprint density at radius 2 is 1.91 bits per heavy atom. The van der Waals surface area contributed by atoms with Crippen LogP contribution in [0.15, 0.2) is 54.6 Å². The highest BCUT2D eigenvalue weighted by Gasteiger charge is 2.36. The van der Waals surface area contributed by atoms with Crippen molar-refractivity contribution in [1.29, 1.82) is 5.26 Å². The summed E-state index contributed by atoms with van der Waals surface area (Å²) >= 11 is 0. The number of fused-ring (bicyclic) bond motifs is 1. The normalized spacial score (nSPS) is 19.0. The second-order valence-corrected chi connectivity index (χ2v) is 5.87. The number of nitrogens with zero attached hydrogens (tertiary/aromatic N) is 2. The first-order valence-electron chi connectivity index (χ1n) is 7.89. The third kappa shape index (κ3) is 2.94. The molecule has 3 rings (SSSR count). The quantitative estimate of drug-likeness (QED) is 0.891. The fraction of sp³-hybridized carbons (Fsp3) is 0.316. The maximum absolute atomic E-state index is 10.7. The molecule has 1 aliphatic rings. The Hall–Kier alpha value is -2.35. The Bertz CT molecular complexity index is 695. The first kappa shape index (κ1) is 15.5. The molecule has 1 unspecified atom stereocenters. The summed E-state index contributed by atoms with van der Waals surface area (Å²) < 4.78 is 0. The lowest BCUT2D eigenvalue weighted by atomic mass is 9.99. The van der Waals surface area contributed by atoms with Gasteiger partial charge in [-0.2, -0.15) is 5.26 Å². The highest BCUT2D eigenvalue weighted by Crippen LogP contribution is 2.41. The summed E-state index contributed by atoms with van der Waals surface area (Å²) in [5.41, 5.74) is 3.15. The van der Waals surface area contributed by atoms with Gasteiger partial charge in [0, 0.05) is 18.8 Å². The van der Waals surface area contributed by atoms with E-state index in [4.69, 9.17) is 0 Å². The van der Waals surface area contributed by atoms with E-state index in [9.17, 15) is 10.4 Å². The van der Waals surface area contributed by atoms with E-state index >= 15 is 0 Å². The molecular weight excluding hydrogens is 286 g/mol. The van der Waals surface area contributed by atoms with Gasteiger partial charge in [-0.25, -0.2) is 0 Å². The van der Waals surface area contributed by atoms with Crippen molar-refractivity contribution in [1.82, 2.24) is 5.32 Å². The van der Waals surface area contributed by atoms with Crippen LogP contribution in [0.25, 0.3) is 0 Å². The van der Waals surface area contributed by atoms with Gasteiger partial charge >= 0.3 is 0 Å².